The van der Waals surface area contributed by atoms with Crippen LogP contribution in [0.1, 0.15) is 32.8 Å². The van der Waals surface area contributed by atoms with Crippen LogP contribution < -0.4 is 9.50 Å². The van der Waals surface area contributed by atoms with Gasteiger partial charge in [-0.15, -0.1) is 0 Å². The van der Waals surface area contributed by atoms with Gasteiger partial charge >= 0.3 is 22.2 Å². The van der Waals surface area contributed by atoms with Crippen molar-refractivity contribution in [2.45, 2.75) is 44.1 Å². The number of methoxy groups -OCH3 is 1. The lowest BCUT2D eigenvalue weighted by Crippen LogP contribution is -2.36. The SMILES string of the molecule is COC(=O)CC(CNC(=O)OC(C)(C)C)Cc1ccc(OS(=O)(=O)c2ccccc2)cc1. The number of rotatable bonds is 9. The molecular weight excluding hydrogens is 434 g/mol. The fourth-order valence-corrected chi connectivity index (χ4v) is 3.80. The van der Waals surface area contributed by atoms with Gasteiger partial charge in [0.25, 0.3) is 0 Å². The first-order valence-electron chi connectivity index (χ1n) is 10.1. The zero-order valence-electron chi connectivity index (χ0n) is 18.7. The highest BCUT2D eigenvalue weighted by atomic mass is 32.2. The molecule has 2 rings (SSSR count). The van der Waals surface area contributed by atoms with Gasteiger partial charge in [0.1, 0.15) is 16.2 Å². The van der Waals surface area contributed by atoms with Crippen molar-refractivity contribution in [3.05, 3.63) is 60.2 Å². The fraction of sp³-hybridized carbons (Fsp3) is 0.391. The number of esters is 1. The first kappa shape index (κ1) is 25.2. The molecule has 0 fully saturated rings. The van der Waals surface area contributed by atoms with Gasteiger partial charge in [0.2, 0.25) is 0 Å². The number of carbonyl (C=O) groups is 2. The summed E-state index contributed by atoms with van der Waals surface area (Å²) in [7, 11) is -2.62. The zero-order valence-corrected chi connectivity index (χ0v) is 19.5. The van der Waals surface area contributed by atoms with Crippen molar-refractivity contribution >= 4 is 22.2 Å². The minimum Gasteiger partial charge on any atom is -0.469 e. The predicted octanol–water partition coefficient (Wildman–Crippen LogP) is 3.70. The Hall–Kier alpha value is -3.07. The Bertz CT molecular complexity index is 997. The molecule has 32 heavy (non-hydrogen) atoms. The van der Waals surface area contributed by atoms with Crippen LogP contribution >= 0.6 is 0 Å². The highest BCUT2D eigenvalue weighted by Gasteiger charge is 2.20. The maximum Gasteiger partial charge on any atom is 0.407 e. The van der Waals surface area contributed by atoms with Gasteiger partial charge in [0.15, 0.2) is 0 Å². The summed E-state index contributed by atoms with van der Waals surface area (Å²) in [5.74, 6) is -0.460. The van der Waals surface area contributed by atoms with Crippen LogP contribution in [-0.4, -0.2) is 39.7 Å². The molecule has 174 valence electrons. The second-order valence-corrected chi connectivity index (χ2v) is 9.77. The molecule has 1 unspecified atom stereocenters. The number of benzene rings is 2. The third kappa shape index (κ3) is 8.58. The molecule has 0 spiro atoms. The van der Waals surface area contributed by atoms with Gasteiger partial charge in [-0.1, -0.05) is 30.3 Å². The summed E-state index contributed by atoms with van der Waals surface area (Å²) in [6, 6.07) is 14.4. The predicted molar refractivity (Wildman–Crippen MR) is 119 cm³/mol. The smallest absolute Gasteiger partial charge is 0.407 e. The number of ether oxygens (including phenoxy) is 2. The van der Waals surface area contributed by atoms with E-state index < -0.39 is 27.8 Å². The third-order valence-corrected chi connectivity index (χ3v) is 5.56. The average Bonchev–Trinajstić information content (AvgIpc) is 2.72. The molecule has 0 bridgehead atoms. The molecule has 0 aliphatic heterocycles. The summed E-state index contributed by atoms with van der Waals surface area (Å²) in [5, 5.41) is 2.68. The van der Waals surface area contributed by atoms with Gasteiger partial charge < -0.3 is 19.0 Å². The van der Waals surface area contributed by atoms with Gasteiger partial charge in [-0.25, -0.2) is 4.79 Å². The number of hydrogen-bond acceptors (Lipinski definition) is 7. The molecular formula is C23H29NO7S. The van der Waals surface area contributed by atoms with Crippen molar-refractivity contribution in [1.82, 2.24) is 5.32 Å². The van der Waals surface area contributed by atoms with E-state index in [0.29, 0.717) is 6.42 Å². The largest absolute Gasteiger partial charge is 0.469 e. The summed E-state index contributed by atoms with van der Waals surface area (Å²) in [5.41, 5.74) is 0.215. The minimum absolute atomic E-state index is 0.0652. The van der Waals surface area contributed by atoms with Crippen LogP contribution in [0, 0.1) is 5.92 Å². The second kappa shape index (κ2) is 11.0. The summed E-state index contributed by atoms with van der Waals surface area (Å²) < 4.78 is 39.8. The summed E-state index contributed by atoms with van der Waals surface area (Å²) in [6.07, 6.45) is -0.00830. The molecule has 0 saturated carbocycles. The van der Waals surface area contributed by atoms with E-state index in [4.69, 9.17) is 13.7 Å². The molecule has 0 aliphatic rings. The maximum absolute atomic E-state index is 12.3. The maximum atomic E-state index is 12.3. The van der Waals surface area contributed by atoms with Crippen molar-refractivity contribution in [3.8, 4) is 5.75 Å². The molecule has 0 radical (unpaired) electrons. The van der Waals surface area contributed by atoms with E-state index in [1.807, 2.05) is 0 Å². The standard InChI is InChI=1S/C23H29NO7S/c1-23(2,3)30-22(26)24-16-18(15-21(25)29-4)14-17-10-12-19(13-11-17)31-32(27,28)20-8-6-5-7-9-20/h5-13,18H,14-16H2,1-4H3,(H,24,26). The summed E-state index contributed by atoms with van der Waals surface area (Å²) in [6.45, 7) is 5.51. The molecule has 8 nitrogen and oxygen atoms in total. The fourth-order valence-electron chi connectivity index (χ4n) is 2.85. The number of hydrogen-bond donors (Lipinski definition) is 1. The van der Waals surface area contributed by atoms with Gasteiger partial charge in [-0.3, -0.25) is 4.79 Å². The molecule has 0 saturated heterocycles. The second-order valence-electron chi connectivity index (χ2n) is 8.23. The first-order valence-corrected chi connectivity index (χ1v) is 11.5. The van der Waals surface area contributed by atoms with Crippen molar-refractivity contribution in [2.75, 3.05) is 13.7 Å². The van der Waals surface area contributed by atoms with E-state index in [1.165, 1.54) is 19.2 Å². The molecule has 9 heteroatoms. The molecule has 0 heterocycles. The number of amides is 1. The Balaban J connectivity index is 2.03. The van der Waals surface area contributed by atoms with Crippen LogP contribution in [0.4, 0.5) is 4.79 Å². The molecule has 2 aromatic carbocycles. The van der Waals surface area contributed by atoms with Gasteiger partial charge in [-0.05, 0) is 62.9 Å². The van der Waals surface area contributed by atoms with Crippen molar-refractivity contribution in [2.24, 2.45) is 5.92 Å². The molecule has 1 N–H and O–H groups in total. The Morgan fingerprint density at radius 2 is 1.62 bits per heavy atom. The summed E-state index contributed by atoms with van der Waals surface area (Å²) >= 11 is 0. The monoisotopic (exact) mass is 463 g/mol. The lowest BCUT2D eigenvalue weighted by Gasteiger charge is -2.22. The molecule has 1 amide bonds. The Morgan fingerprint density at radius 1 is 1.00 bits per heavy atom. The molecule has 1 atom stereocenters. The normalized spacial score (nSPS) is 12.5. The topological polar surface area (TPSA) is 108 Å². The van der Waals surface area contributed by atoms with E-state index in [0.717, 1.165) is 5.56 Å². The Kier molecular flexibility index (Phi) is 8.65. The average molecular weight is 464 g/mol. The van der Waals surface area contributed by atoms with Crippen LogP contribution in [0.2, 0.25) is 0 Å². The lowest BCUT2D eigenvalue weighted by atomic mass is 9.96. The summed E-state index contributed by atoms with van der Waals surface area (Å²) in [4.78, 5) is 23.8. The van der Waals surface area contributed by atoms with E-state index in [2.05, 4.69) is 5.32 Å². The Labute approximate surface area is 189 Å². The molecule has 2 aromatic rings. The van der Waals surface area contributed by atoms with Crippen molar-refractivity contribution in [1.29, 1.82) is 0 Å². The highest BCUT2D eigenvalue weighted by Crippen LogP contribution is 2.21. The minimum atomic E-state index is -3.92. The van der Waals surface area contributed by atoms with Gasteiger partial charge in [0, 0.05) is 6.54 Å². The van der Waals surface area contributed by atoms with Crippen molar-refractivity contribution < 1.29 is 31.7 Å². The highest BCUT2D eigenvalue weighted by molar-refractivity contribution is 7.87. The van der Waals surface area contributed by atoms with Crippen molar-refractivity contribution in [3.63, 3.8) is 0 Å². The van der Waals surface area contributed by atoms with Gasteiger partial charge in [0.05, 0.1) is 13.5 Å². The molecule has 0 aliphatic carbocycles. The van der Waals surface area contributed by atoms with E-state index in [-0.39, 0.29) is 29.5 Å². The van der Waals surface area contributed by atoms with Crippen LogP contribution in [0.15, 0.2) is 59.5 Å². The van der Waals surface area contributed by atoms with Crippen LogP contribution in [-0.2, 0) is 30.8 Å². The van der Waals surface area contributed by atoms with Crippen LogP contribution in [0.3, 0.4) is 0 Å². The number of carbonyl (C=O) groups excluding carboxylic acids is 2. The Morgan fingerprint density at radius 3 is 2.19 bits per heavy atom. The lowest BCUT2D eigenvalue weighted by molar-refractivity contribution is -0.141. The van der Waals surface area contributed by atoms with E-state index in [9.17, 15) is 18.0 Å². The quantitative estimate of drug-likeness (QED) is 0.446. The third-order valence-electron chi connectivity index (χ3n) is 4.30. The van der Waals surface area contributed by atoms with E-state index >= 15 is 0 Å². The zero-order chi connectivity index (χ0) is 23.8. The number of nitrogens with one attached hydrogen (secondary N) is 1. The van der Waals surface area contributed by atoms with Crippen LogP contribution in [0.5, 0.6) is 5.75 Å². The van der Waals surface area contributed by atoms with Crippen LogP contribution in [0.25, 0.3) is 0 Å². The molecule has 0 aromatic heterocycles. The number of alkyl carbamates (subject to hydrolysis) is 1. The van der Waals surface area contributed by atoms with Gasteiger partial charge in [-0.2, -0.15) is 8.42 Å². The first-order chi connectivity index (χ1) is 15.0. The van der Waals surface area contributed by atoms with E-state index in [1.54, 1.807) is 63.2 Å².